The summed E-state index contributed by atoms with van der Waals surface area (Å²) in [5.41, 5.74) is -16.2. The maximum Gasteiger partial charge on any atom is 0.457 e. The fourth-order valence-electron chi connectivity index (χ4n) is 1.44. The van der Waals surface area contributed by atoms with Crippen LogP contribution in [-0.4, -0.2) is 36.3 Å². The van der Waals surface area contributed by atoms with Crippen LogP contribution >= 0.6 is 0 Å². The minimum Gasteiger partial charge on any atom is -0.218 e. The lowest BCUT2D eigenvalue weighted by Gasteiger charge is -2.37. The Bertz CT molecular complexity index is 479. The largest absolute Gasteiger partial charge is 0.457 e. The van der Waals surface area contributed by atoms with Gasteiger partial charge in [0.1, 0.15) is 0 Å². The van der Waals surface area contributed by atoms with Gasteiger partial charge in [0.05, 0.1) is 5.57 Å². The predicted octanol–water partition coefficient (Wildman–Crippen LogP) is 5.90. The molecule has 0 aliphatic heterocycles. The zero-order valence-electron chi connectivity index (χ0n) is 10.7. The Morgan fingerprint density at radius 2 is 0.792 bits per heavy atom. The number of hydrogen-bond acceptors (Lipinski definition) is 0. The summed E-state index contributed by atoms with van der Waals surface area (Å²) in [6.07, 6.45) is -29.1. The van der Waals surface area contributed by atoms with E-state index >= 15 is 0 Å². The Kier molecular flexibility index (Phi) is 5.30. The van der Waals surface area contributed by atoms with Crippen molar-refractivity contribution in [3.63, 3.8) is 0 Å². The molecule has 0 N–H and O–H groups in total. The van der Waals surface area contributed by atoms with Crippen molar-refractivity contribution in [1.29, 1.82) is 0 Å². The van der Waals surface area contributed by atoms with E-state index in [-0.39, 0.29) is 0 Å². The third kappa shape index (κ3) is 3.53. The van der Waals surface area contributed by atoms with Crippen LogP contribution in [-0.2, 0) is 0 Å². The van der Waals surface area contributed by atoms with E-state index in [1.807, 2.05) is 0 Å². The van der Waals surface area contributed by atoms with Crippen LogP contribution < -0.4 is 0 Å². The third-order valence-corrected chi connectivity index (χ3v) is 2.60. The molecule has 0 bridgehead atoms. The standard InChI is InChI=1S/C9H3F15/c1-2(6(13,14)15)3(5(11,12)9(22,23)24)4(10,7(16,17)18)8(19,20)21/h1H3/b3-2+. The molecule has 0 aromatic heterocycles. The summed E-state index contributed by atoms with van der Waals surface area (Å²) in [7, 11) is 0. The number of allylic oxidation sites excluding steroid dienone is 2. The highest BCUT2D eigenvalue weighted by molar-refractivity contribution is 5.37. The Morgan fingerprint density at radius 1 is 0.500 bits per heavy atom. The maximum atomic E-state index is 13.5. The number of hydrogen-bond donors (Lipinski definition) is 0. The Balaban J connectivity index is 7.26. The van der Waals surface area contributed by atoms with Crippen LogP contribution in [0.3, 0.4) is 0 Å². The van der Waals surface area contributed by atoms with Crippen molar-refractivity contribution >= 4 is 0 Å². The Morgan fingerprint density at radius 3 is 0.958 bits per heavy atom. The summed E-state index contributed by atoms with van der Waals surface area (Å²) < 4.78 is 186. The first-order valence-corrected chi connectivity index (χ1v) is 5.08. The van der Waals surface area contributed by atoms with Gasteiger partial charge in [0.2, 0.25) is 0 Å². The number of rotatable bonds is 2. The van der Waals surface area contributed by atoms with Gasteiger partial charge in [-0.05, 0) is 6.92 Å². The molecule has 0 amide bonds. The van der Waals surface area contributed by atoms with Crippen molar-refractivity contribution in [2.75, 3.05) is 0 Å². The van der Waals surface area contributed by atoms with Crippen molar-refractivity contribution in [2.45, 2.75) is 43.2 Å². The van der Waals surface area contributed by atoms with Crippen LogP contribution in [0, 0.1) is 0 Å². The third-order valence-electron chi connectivity index (χ3n) is 2.60. The van der Waals surface area contributed by atoms with Crippen LogP contribution in [0.15, 0.2) is 11.1 Å². The minimum atomic E-state index is -7.60. The van der Waals surface area contributed by atoms with E-state index < -0.39 is 54.4 Å². The van der Waals surface area contributed by atoms with Crippen molar-refractivity contribution in [2.24, 2.45) is 0 Å². The topological polar surface area (TPSA) is 0 Å². The van der Waals surface area contributed by atoms with Gasteiger partial charge in [-0.3, -0.25) is 0 Å². The molecule has 0 spiro atoms. The van der Waals surface area contributed by atoms with Crippen molar-refractivity contribution in [3.05, 3.63) is 11.1 Å². The lowest BCUT2D eigenvalue weighted by atomic mass is 9.84. The van der Waals surface area contributed by atoms with Gasteiger partial charge in [0.15, 0.2) is 0 Å². The molecule has 0 aliphatic carbocycles. The summed E-state index contributed by atoms with van der Waals surface area (Å²) >= 11 is 0. The van der Waals surface area contributed by atoms with Crippen LogP contribution in [0.1, 0.15) is 6.92 Å². The molecule has 144 valence electrons. The summed E-state index contributed by atoms with van der Waals surface area (Å²) in [6.45, 7) is -0.958. The molecule has 0 fully saturated rings. The predicted molar refractivity (Wildman–Crippen MR) is 45.7 cm³/mol. The van der Waals surface area contributed by atoms with Crippen LogP contribution in [0.4, 0.5) is 65.9 Å². The first-order chi connectivity index (χ1) is 10.0. The quantitative estimate of drug-likeness (QED) is 0.403. The van der Waals surface area contributed by atoms with Gasteiger partial charge in [-0.15, -0.1) is 0 Å². The number of halogens is 15. The Labute approximate surface area is 121 Å². The SMILES string of the molecule is C/C(=C(\C(F)(F)C(F)(F)F)C(F)(C(F)(F)F)C(F)(F)F)C(F)(F)F. The van der Waals surface area contributed by atoms with Crippen LogP contribution in [0.2, 0.25) is 0 Å². The average Bonchev–Trinajstić information content (AvgIpc) is 2.22. The van der Waals surface area contributed by atoms with Crippen LogP contribution in [0.25, 0.3) is 0 Å². The lowest BCUT2D eigenvalue weighted by Crippen LogP contribution is -2.61. The maximum absolute atomic E-state index is 13.5. The zero-order chi connectivity index (χ0) is 20.2. The molecule has 0 aliphatic rings. The van der Waals surface area contributed by atoms with Gasteiger partial charge >= 0.3 is 36.3 Å². The second kappa shape index (κ2) is 5.61. The van der Waals surface area contributed by atoms with Crippen molar-refractivity contribution in [3.8, 4) is 0 Å². The monoisotopic (exact) mass is 396 g/mol. The Hall–Kier alpha value is -1.31. The van der Waals surface area contributed by atoms with Crippen LogP contribution in [0.5, 0.6) is 0 Å². The molecule has 0 unspecified atom stereocenters. The highest BCUT2D eigenvalue weighted by Crippen LogP contribution is 2.59. The molecule has 0 rings (SSSR count). The summed E-state index contributed by atoms with van der Waals surface area (Å²) in [6, 6.07) is 0. The average molecular weight is 396 g/mol. The second-order valence-corrected chi connectivity index (χ2v) is 4.22. The summed E-state index contributed by atoms with van der Waals surface area (Å²) in [5.74, 6) is -7.42. The fourth-order valence-corrected chi connectivity index (χ4v) is 1.44. The zero-order valence-corrected chi connectivity index (χ0v) is 10.7. The van der Waals surface area contributed by atoms with Gasteiger partial charge in [-0.2, -0.15) is 61.5 Å². The normalized spacial score (nSPS) is 17.0. The molecule has 15 heteroatoms. The molecular weight excluding hydrogens is 393 g/mol. The number of alkyl halides is 15. The molecule has 0 aromatic carbocycles. The highest BCUT2D eigenvalue weighted by atomic mass is 19.4. The summed E-state index contributed by atoms with van der Waals surface area (Å²) in [4.78, 5) is 0. The molecule has 0 nitrogen and oxygen atoms in total. The van der Waals surface area contributed by atoms with Gasteiger partial charge in [0.25, 0.3) is 0 Å². The molecular formula is C9H3F15. The summed E-state index contributed by atoms with van der Waals surface area (Å²) in [5, 5.41) is 0. The fraction of sp³-hybridized carbons (Fsp3) is 0.778. The van der Waals surface area contributed by atoms with Gasteiger partial charge in [-0.1, -0.05) is 0 Å². The van der Waals surface area contributed by atoms with E-state index in [1.54, 1.807) is 0 Å². The minimum absolute atomic E-state index is 0.958. The molecule has 24 heavy (non-hydrogen) atoms. The molecule has 0 saturated carbocycles. The first-order valence-electron chi connectivity index (χ1n) is 5.08. The first kappa shape index (κ1) is 22.7. The smallest absolute Gasteiger partial charge is 0.218 e. The van der Waals surface area contributed by atoms with Crippen molar-refractivity contribution in [1.82, 2.24) is 0 Å². The molecule has 0 atom stereocenters. The molecule has 0 aromatic rings. The lowest BCUT2D eigenvalue weighted by molar-refractivity contribution is -0.347. The van der Waals surface area contributed by atoms with Gasteiger partial charge < -0.3 is 0 Å². The highest BCUT2D eigenvalue weighted by Gasteiger charge is 2.82. The molecule has 0 saturated heterocycles. The van der Waals surface area contributed by atoms with E-state index in [0.717, 1.165) is 0 Å². The van der Waals surface area contributed by atoms with Crippen molar-refractivity contribution < 1.29 is 65.9 Å². The van der Waals surface area contributed by atoms with E-state index in [4.69, 9.17) is 0 Å². The molecule has 0 radical (unpaired) electrons. The van der Waals surface area contributed by atoms with E-state index in [2.05, 4.69) is 0 Å². The van der Waals surface area contributed by atoms with Gasteiger partial charge in [-0.25, -0.2) is 4.39 Å². The van der Waals surface area contributed by atoms with Gasteiger partial charge in [0, 0.05) is 5.57 Å². The van der Waals surface area contributed by atoms with E-state index in [9.17, 15) is 65.9 Å². The molecule has 0 heterocycles. The second-order valence-electron chi connectivity index (χ2n) is 4.22. The van der Waals surface area contributed by atoms with E-state index in [0.29, 0.717) is 0 Å². The van der Waals surface area contributed by atoms with E-state index in [1.165, 1.54) is 0 Å².